The molecule has 0 saturated heterocycles. The first-order valence-electron chi connectivity index (χ1n) is 2.25. The first-order chi connectivity index (χ1) is 3.68. The number of nitrogens with one attached hydrogen (secondary N) is 1. The number of hydrogen-bond acceptors (Lipinski definition) is 3. The Bertz CT molecular complexity index is 111. The Balaban J connectivity index is 3.49. The summed E-state index contributed by atoms with van der Waals surface area (Å²) in [5.74, 6) is 0.411. The van der Waals surface area contributed by atoms with E-state index in [0.717, 1.165) is 0 Å². The monoisotopic (exact) mass is 131 g/mol. The van der Waals surface area contributed by atoms with Crippen molar-refractivity contribution in [3.63, 3.8) is 0 Å². The summed E-state index contributed by atoms with van der Waals surface area (Å²) in [5.41, 5.74) is 0.206. The Morgan fingerprint density at radius 2 is 2.25 bits per heavy atom. The summed E-state index contributed by atoms with van der Waals surface area (Å²) in [5, 5.41) is 6.97. The van der Waals surface area contributed by atoms with Crippen LogP contribution in [0.15, 0.2) is 0 Å². The molecule has 0 aromatic heterocycles. The second kappa shape index (κ2) is 3.66. The molecule has 0 heterocycles. The van der Waals surface area contributed by atoms with Crippen LogP contribution in [0.4, 0.5) is 0 Å². The summed E-state index contributed by atoms with van der Waals surface area (Å²) in [6, 6.07) is 0. The third kappa shape index (κ3) is 2.80. The van der Waals surface area contributed by atoms with Gasteiger partial charge in [0.1, 0.15) is 0 Å². The molecule has 0 spiro atoms. The molecule has 0 bridgehead atoms. The molecule has 0 aromatic rings. The molecule has 0 saturated carbocycles. The van der Waals surface area contributed by atoms with Gasteiger partial charge in [0.15, 0.2) is 5.78 Å². The van der Waals surface area contributed by atoms with Gasteiger partial charge in [-0.15, -0.1) is 0 Å². The van der Waals surface area contributed by atoms with E-state index in [1.807, 2.05) is 6.26 Å². The van der Waals surface area contributed by atoms with Gasteiger partial charge in [-0.25, -0.2) is 0 Å². The first kappa shape index (κ1) is 7.69. The molecule has 0 aliphatic carbocycles. The predicted octanol–water partition coefficient (Wildman–Crippen LogP) is 0.958. The molecular weight excluding hydrogens is 122 g/mol. The van der Waals surface area contributed by atoms with Gasteiger partial charge in [0.05, 0.1) is 5.71 Å². The lowest BCUT2D eigenvalue weighted by molar-refractivity contribution is -0.111. The van der Waals surface area contributed by atoms with Crippen molar-refractivity contribution in [3.05, 3.63) is 0 Å². The summed E-state index contributed by atoms with van der Waals surface area (Å²) >= 11 is 1.49. The quantitative estimate of drug-likeness (QED) is 0.579. The SMILES string of the molecule is CSCC(=N)C(C)=O. The second-order valence-electron chi connectivity index (χ2n) is 1.47. The fourth-order valence-corrected chi connectivity index (χ4v) is 0.738. The minimum atomic E-state index is -0.126. The Hall–Kier alpha value is -0.310. The van der Waals surface area contributed by atoms with E-state index < -0.39 is 0 Å². The van der Waals surface area contributed by atoms with Crippen LogP contribution in [0.25, 0.3) is 0 Å². The van der Waals surface area contributed by atoms with E-state index >= 15 is 0 Å². The molecule has 0 unspecified atom stereocenters. The molecule has 3 heteroatoms. The van der Waals surface area contributed by atoms with Gasteiger partial charge in [-0.2, -0.15) is 11.8 Å². The molecule has 0 atom stereocenters. The van der Waals surface area contributed by atoms with Crippen molar-refractivity contribution in [2.75, 3.05) is 12.0 Å². The topological polar surface area (TPSA) is 40.9 Å². The summed E-state index contributed by atoms with van der Waals surface area (Å²) in [7, 11) is 0. The maximum absolute atomic E-state index is 10.3. The van der Waals surface area contributed by atoms with Crippen LogP contribution in [-0.2, 0) is 4.79 Å². The standard InChI is InChI=1S/C5H9NOS/c1-4(7)5(6)3-8-2/h6H,3H2,1-2H3. The maximum atomic E-state index is 10.3. The summed E-state index contributed by atoms with van der Waals surface area (Å²) in [6.45, 7) is 1.42. The largest absolute Gasteiger partial charge is 0.301 e. The molecule has 46 valence electrons. The zero-order valence-corrected chi connectivity index (χ0v) is 5.84. The smallest absolute Gasteiger partial charge is 0.174 e. The normalized spacial score (nSPS) is 8.75. The molecule has 8 heavy (non-hydrogen) atoms. The molecule has 1 N–H and O–H groups in total. The first-order valence-corrected chi connectivity index (χ1v) is 3.65. The minimum Gasteiger partial charge on any atom is -0.301 e. The number of carbonyl (C=O) groups is 1. The number of rotatable bonds is 3. The van der Waals surface area contributed by atoms with E-state index in [1.165, 1.54) is 18.7 Å². The van der Waals surface area contributed by atoms with Crippen molar-refractivity contribution >= 4 is 23.3 Å². The van der Waals surface area contributed by atoms with Crippen molar-refractivity contribution in [2.24, 2.45) is 0 Å². The van der Waals surface area contributed by atoms with Crippen LogP contribution >= 0.6 is 11.8 Å². The lowest BCUT2D eigenvalue weighted by atomic mass is 10.3. The second-order valence-corrected chi connectivity index (χ2v) is 2.33. The van der Waals surface area contributed by atoms with Crippen molar-refractivity contribution in [3.8, 4) is 0 Å². The number of ketones is 1. The predicted molar refractivity (Wildman–Crippen MR) is 36.8 cm³/mol. The highest BCUT2D eigenvalue weighted by Crippen LogP contribution is 1.91. The van der Waals surface area contributed by atoms with Gasteiger partial charge in [-0.05, 0) is 6.26 Å². The van der Waals surface area contributed by atoms with E-state index in [4.69, 9.17) is 5.41 Å². The highest BCUT2D eigenvalue weighted by Gasteiger charge is 1.98. The summed E-state index contributed by atoms with van der Waals surface area (Å²) in [4.78, 5) is 10.3. The van der Waals surface area contributed by atoms with Crippen LogP contribution in [0, 0.1) is 5.41 Å². The van der Waals surface area contributed by atoms with Gasteiger partial charge in [0.25, 0.3) is 0 Å². The zero-order chi connectivity index (χ0) is 6.57. The molecule has 0 radical (unpaired) electrons. The van der Waals surface area contributed by atoms with E-state index in [9.17, 15) is 4.79 Å². The number of Topliss-reactive ketones (excluding diaryl/α,β-unsaturated/α-hetero) is 1. The molecule has 0 fully saturated rings. The fourth-order valence-electron chi connectivity index (χ4n) is 0.246. The van der Waals surface area contributed by atoms with Gasteiger partial charge >= 0.3 is 0 Å². The van der Waals surface area contributed by atoms with Gasteiger partial charge < -0.3 is 5.41 Å². The van der Waals surface area contributed by atoms with Crippen molar-refractivity contribution in [2.45, 2.75) is 6.92 Å². The Morgan fingerprint density at radius 1 is 1.75 bits per heavy atom. The highest BCUT2D eigenvalue weighted by atomic mass is 32.2. The zero-order valence-electron chi connectivity index (χ0n) is 5.02. The molecule has 0 aromatic carbocycles. The van der Waals surface area contributed by atoms with Crippen LogP contribution < -0.4 is 0 Å². The van der Waals surface area contributed by atoms with Gasteiger partial charge in [0.2, 0.25) is 0 Å². The molecule has 0 rings (SSSR count). The van der Waals surface area contributed by atoms with Crippen LogP contribution in [0.2, 0.25) is 0 Å². The average molecular weight is 131 g/mol. The van der Waals surface area contributed by atoms with Gasteiger partial charge in [-0.3, -0.25) is 4.79 Å². The third-order valence-corrected chi connectivity index (χ3v) is 1.29. The van der Waals surface area contributed by atoms with Crippen molar-refractivity contribution < 1.29 is 4.79 Å². The highest BCUT2D eigenvalue weighted by molar-refractivity contribution is 7.99. The lowest BCUT2D eigenvalue weighted by Crippen LogP contribution is -2.10. The molecule has 2 nitrogen and oxygen atoms in total. The summed E-state index contributed by atoms with van der Waals surface area (Å²) in [6.07, 6.45) is 1.87. The Kier molecular flexibility index (Phi) is 3.52. The van der Waals surface area contributed by atoms with Crippen LogP contribution in [0.5, 0.6) is 0 Å². The Labute approximate surface area is 53.2 Å². The van der Waals surface area contributed by atoms with Crippen LogP contribution in [0.3, 0.4) is 0 Å². The minimum absolute atomic E-state index is 0.126. The lowest BCUT2D eigenvalue weighted by Gasteiger charge is -1.91. The van der Waals surface area contributed by atoms with E-state index in [2.05, 4.69) is 0 Å². The van der Waals surface area contributed by atoms with Crippen molar-refractivity contribution in [1.82, 2.24) is 0 Å². The summed E-state index contributed by atoms with van der Waals surface area (Å²) < 4.78 is 0. The Morgan fingerprint density at radius 3 is 2.38 bits per heavy atom. The van der Waals surface area contributed by atoms with E-state index in [1.54, 1.807) is 0 Å². The average Bonchev–Trinajstić information content (AvgIpc) is 1.67. The van der Waals surface area contributed by atoms with Gasteiger partial charge in [0, 0.05) is 12.7 Å². The number of thioether (sulfide) groups is 1. The number of hydrogen-bond donors (Lipinski definition) is 1. The fraction of sp³-hybridized carbons (Fsp3) is 0.600. The molecule has 0 aliphatic rings. The van der Waals surface area contributed by atoms with E-state index in [0.29, 0.717) is 5.75 Å². The number of carbonyl (C=O) groups excluding carboxylic acids is 1. The molecule has 0 amide bonds. The van der Waals surface area contributed by atoms with E-state index in [-0.39, 0.29) is 11.5 Å². The van der Waals surface area contributed by atoms with Crippen LogP contribution in [-0.4, -0.2) is 23.5 Å². The van der Waals surface area contributed by atoms with Gasteiger partial charge in [-0.1, -0.05) is 0 Å². The third-order valence-electron chi connectivity index (χ3n) is 0.714. The molecular formula is C5H9NOS. The maximum Gasteiger partial charge on any atom is 0.174 e. The van der Waals surface area contributed by atoms with Crippen molar-refractivity contribution in [1.29, 1.82) is 5.41 Å². The van der Waals surface area contributed by atoms with Crippen LogP contribution in [0.1, 0.15) is 6.92 Å². The molecule has 0 aliphatic heterocycles.